The Morgan fingerprint density at radius 2 is 2.30 bits per heavy atom. The lowest BCUT2D eigenvalue weighted by atomic mass is 10.4. The molecule has 0 bridgehead atoms. The van der Waals surface area contributed by atoms with Crippen molar-refractivity contribution in [2.24, 2.45) is 0 Å². The molecule has 0 aliphatic carbocycles. The Balaban J connectivity index is 3.44. The minimum absolute atomic E-state index is 0.0204. The van der Waals surface area contributed by atoms with E-state index in [0.717, 1.165) is 0 Å². The van der Waals surface area contributed by atoms with E-state index < -0.39 is 5.97 Å². The van der Waals surface area contributed by atoms with Crippen LogP contribution >= 0.6 is 0 Å². The van der Waals surface area contributed by atoms with Gasteiger partial charge in [0.05, 0.1) is 6.42 Å². The zero-order valence-corrected chi connectivity index (χ0v) is 5.91. The van der Waals surface area contributed by atoms with Crippen LogP contribution in [0, 0.1) is 0 Å². The quantitative estimate of drug-likeness (QED) is 0.551. The lowest BCUT2D eigenvalue weighted by Crippen LogP contribution is -2.24. The van der Waals surface area contributed by atoms with Gasteiger partial charge in [-0.25, -0.2) is 0 Å². The first-order chi connectivity index (χ1) is 4.70. The fourth-order valence-corrected chi connectivity index (χ4v) is 0.525. The molecule has 0 atom stereocenters. The van der Waals surface area contributed by atoms with Gasteiger partial charge < -0.3 is 10.0 Å². The van der Waals surface area contributed by atoms with Gasteiger partial charge in [0, 0.05) is 13.1 Å². The molecule has 0 aromatic carbocycles. The van der Waals surface area contributed by atoms with Gasteiger partial charge in [0.2, 0.25) is 6.41 Å². The third-order valence-electron chi connectivity index (χ3n) is 1.17. The summed E-state index contributed by atoms with van der Waals surface area (Å²) < 4.78 is 0. The van der Waals surface area contributed by atoms with Crippen molar-refractivity contribution >= 4 is 12.4 Å². The van der Waals surface area contributed by atoms with Crippen LogP contribution < -0.4 is 0 Å². The van der Waals surface area contributed by atoms with E-state index in [-0.39, 0.29) is 6.42 Å². The number of carboxylic acid groups (broad SMARTS) is 1. The number of carboxylic acids is 1. The third kappa shape index (κ3) is 3.88. The lowest BCUT2D eigenvalue weighted by molar-refractivity contribution is -0.137. The second-order valence-corrected chi connectivity index (χ2v) is 1.88. The van der Waals surface area contributed by atoms with Crippen molar-refractivity contribution < 1.29 is 14.7 Å². The molecule has 0 aliphatic heterocycles. The molecule has 0 aromatic rings. The lowest BCUT2D eigenvalue weighted by Gasteiger charge is -2.11. The Labute approximate surface area is 59.4 Å². The minimum atomic E-state index is -0.875. The zero-order valence-electron chi connectivity index (χ0n) is 5.91. The van der Waals surface area contributed by atoms with Crippen LogP contribution in [0.15, 0.2) is 0 Å². The van der Waals surface area contributed by atoms with Crippen LogP contribution in [-0.4, -0.2) is 35.5 Å². The average Bonchev–Trinajstić information content (AvgIpc) is 1.90. The molecule has 0 fully saturated rings. The van der Waals surface area contributed by atoms with Gasteiger partial charge in [-0.3, -0.25) is 9.59 Å². The average molecular weight is 145 g/mol. The van der Waals surface area contributed by atoms with Crippen molar-refractivity contribution in [1.29, 1.82) is 0 Å². The summed E-state index contributed by atoms with van der Waals surface area (Å²) in [4.78, 5) is 21.5. The molecule has 0 unspecified atom stereocenters. The van der Waals surface area contributed by atoms with E-state index >= 15 is 0 Å². The molecule has 58 valence electrons. The van der Waals surface area contributed by atoms with Crippen molar-refractivity contribution in [3.05, 3.63) is 0 Å². The first kappa shape index (κ1) is 8.94. The van der Waals surface area contributed by atoms with Gasteiger partial charge >= 0.3 is 5.97 Å². The molecule has 0 spiro atoms. The predicted octanol–water partition coefficient (Wildman–Crippen LogP) is -0.0606. The molecule has 0 aliphatic rings. The van der Waals surface area contributed by atoms with Gasteiger partial charge in [0.1, 0.15) is 0 Å². The Kier molecular flexibility index (Phi) is 4.28. The molecule has 1 amide bonds. The van der Waals surface area contributed by atoms with Crippen molar-refractivity contribution in [2.75, 3.05) is 13.1 Å². The third-order valence-corrected chi connectivity index (χ3v) is 1.17. The number of amides is 1. The van der Waals surface area contributed by atoms with Crippen molar-refractivity contribution in [3.63, 3.8) is 0 Å². The second kappa shape index (κ2) is 4.78. The number of aliphatic carboxylic acids is 1. The van der Waals surface area contributed by atoms with Crippen molar-refractivity contribution in [3.8, 4) is 0 Å². The molecule has 4 nitrogen and oxygen atoms in total. The first-order valence-electron chi connectivity index (χ1n) is 3.11. The van der Waals surface area contributed by atoms with Crippen molar-refractivity contribution in [2.45, 2.75) is 13.3 Å². The predicted molar refractivity (Wildman–Crippen MR) is 35.6 cm³/mol. The summed E-state index contributed by atoms with van der Waals surface area (Å²) in [7, 11) is 0. The minimum Gasteiger partial charge on any atom is -0.481 e. The Hall–Kier alpha value is -1.06. The van der Waals surface area contributed by atoms with Crippen LogP contribution in [0.25, 0.3) is 0 Å². The van der Waals surface area contributed by atoms with E-state index in [4.69, 9.17) is 5.11 Å². The van der Waals surface area contributed by atoms with Crippen molar-refractivity contribution in [1.82, 2.24) is 4.90 Å². The van der Waals surface area contributed by atoms with Gasteiger partial charge in [-0.1, -0.05) is 0 Å². The molecule has 0 heterocycles. The van der Waals surface area contributed by atoms with Crippen LogP contribution in [0.1, 0.15) is 13.3 Å². The highest BCUT2D eigenvalue weighted by Gasteiger charge is 2.00. The number of carbonyl (C=O) groups excluding carboxylic acids is 1. The standard InChI is InChI=1S/C6H11NO3/c1-2-7(5-8)4-3-6(9)10/h5H,2-4H2,1H3,(H,9,10). The summed E-state index contributed by atoms with van der Waals surface area (Å²) in [5, 5.41) is 8.21. The van der Waals surface area contributed by atoms with E-state index in [1.54, 1.807) is 6.92 Å². The van der Waals surface area contributed by atoms with E-state index in [1.807, 2.05) is 0 Å². The van der Waals surface area contributed by atoms with Gasteiger partial charge in [-0.2, -0.15) is 0 Å². The molecule has 10 heavy (non-hydrogen) atoms. The number of rotatable bonds is 5. The summed E-state index contributed by atoms with van der Waals surface area (Å²) in [6, 6.07) is 0. The van der Waals surface area contributed by atoms with Crippen LogP contribution in [0.3, 0.4) is 0 Å². The smallest absolute Gasteiger partial charge is 0.305 e. The molecule has 1 N–H and O–H groups in total. The van der Waals surface area contributed by atoms with E-state index in [2.05, 4.69) is 0 Å². The number of carbonyl (C=O) groups is 2. The maximum Gasteiger partial charge on any atom is 0.305 e. The highest BCUT2D eigenvalue weighted by molar-refractivity contribution is 5.67. The SMILES string of the molecule is CCN(C=O)CCC(=O)O. The molecule has 0 aromatic heterocycles. The monoisotopic (exact) mass is 145 g/mol. The van der Waals surface area contributed by atoms with Crippen LogP contribution in [-0.2, 0) is 9.59 Å². The largest absolute Gasteiger partial charge is 0.481 e. The fourth-order valence-electron chi connectivity index (χ4n) is 0.525. The molecular formula is C6H11NO3. The highest BCUT2D eigenvalue weighted by atomic mass is 16.4. The summed E-state index contributed by atoms with van der Waals surface area (Å²) in [5.41, 5.74) is 0. The molecule has 0 rings (SSSR count). The molecular weight excluding hydrogens is 134 g/mol. The zero-order chi connectivity index (χ0) is 7.98. The molecule has 4 heteroatoms. The van der Waals surface area contributed by atoms with Crippen LogP contribution in [0.4, 0.5) is 0 Å². The van der Waals surface area contributed by atoms with Gasteiger partial charge in [-0.05, 0) is 6.92 Å². The topological polar surface area (TPSA) is 57.6 Å². The Bertz CT molecular complexity index is 124. The maximum absolute atomic E-state index is 10.1. The van der Waals surface area contributed by atoms with E-state index in [1.165, 1.54) is 4.90 Å². The Morgan fingerprint density at radius 3 is 2.60 bits per heavy atom. The van der Waals surface area contributed by atoms with Gasteiger partial charge in [-0.15, -0.1) is 0 Å². The number of hydrogen-bond acceptors (Lipinski definition) is 2. The van der Waals surface area contributed by atoms with Crippen LogP contribution in [0.5, 0.6) is 0 Å². The number of nitrogens with zero attached hydrogens (tertiary/aromatic N) is 1. The van der Waals surface area contributed by atoms with E-state index in [0.29, 0.717) is 19.5 Å². The Morgan fingerprint density at radius 1 is 1.70 bits per heavy atom. The fraction of sp³-hybridized carbons (Fsp3) is 0.667. The molecule has 0 radical (unpaired) electrons. The molecule has 0 saturated carbocycles. The van der Waals surface area contributed by atoms with E-state index in [9.17, 15) is 9.59 Å². The highest BCUT2D eigenvalue weighted by Crippen LogP contribution is 1.85. The summed E-state index contributed by atoms with van der Waals surface area (Å²) in [6.07, 6.45) is 0.676. The summed E-state index contributed by atoms with van der Waals surface area (Å²) in [5.74, 6) is -0.875. The molecule has 0 saturated heterocycles. The maximum atomic E-state index is 10.1. The first-order valence-corrected chi connectivity index (χ1v) is 3.11. The number of hydrogen-bond donors (Lipinski definition) is 1. The summed E-state index contributed by atoms with van der Waals surface area (Å²) >= 11 is 0. The summed E-state index contributed by atoms with van der Waals surface area (Å²) in [6.45, 7) is 2.67. The van der Waals surface area contributed by atoms with Gasteiger partial charge in [0.25, 0.3) is 0 Å². The van der Waals surface area contributed by atoms with Gasteiger partial charge in [0.15, 0.2) is 0 Å². The van der Waals surface area contributed by atoms with Crippen LogP contribution in [0.2, 0.25) is 0 Å². The normalized spacial score (nSPS) is 8.90. The second-order valence-electron chi connectivity index (χ2n) is 1.88.